The van der Waals surface area contributed by atoms with Crippen LogP contribution < -0.4 is 14.4 Å². The molecule has 0 aliphatic rings. The zero-order chi connectivity index (χ0) is 44.3. The zero-order valence-electron chi connectivity index (χ0n) is 38.4. The second kappa shape index (κ2) is 16.1. The van der Waals surface area contributed by atoms with Crippen LogP contribution >= 0.6 is 11.6 Å². The number of fused-ring (bicyclic) bond motifs is 3. The van der Waals surface area contributed by atoms with Crippen LogP contribution in [-0.2, 0) is 23.3 Å². The average Bonchev–Trinajstić information content (AvgIpc) is 3.52. The molecule has 4 nitrogen and oxygen atoms in total. The molecule has 8 rings (SSSR count). The van der Waals surface area contributed by atoms with Crippen LogP contribution in [0.3, 0.4) is 0 Å². The smallest absolute Gasteiger partial charge is 0.151 e. The van der Waals surface area contributed by atoms with Crippen molar-refractivity contribution in [2.75, 3.05) is 4.90 Å². The molecule has 0 atom stereocenters. The number of hydrogen-bond donors (Lipinski definition) is 0. The molecule has 5 heteroatoms. The first-order valence-electron chi connectivity index (χ1n) is 21.7. The molecule has 1 heterocycles. The first-order valence-corrected chi connectivity index (χ1v) is 22.0. The Kier molecular flexibility index (Phi) is 11.1. The number of nitrogens with zero attached hydrogens (tertiary/aromatic N) is 2. The van der Waals surface area contributed by atoms with Crippen LogP contribution in [0.25, 0.3) is 32.9 Å². The number of aromatic nitrogens is 1. The van der Waals surface area contributed by atoms with Crippen molar-refractivity contribution in [3.8, 4) is 34.1 Å². The van der Waals surface area contributed by atoms with Crippen LogP contribution in [0, 0.1) is 13.8 Å². The fourth-order valence-corrected chi connectivity index (χ4v) is 8.66. The third kappa shape index (κ3) is 8.46. The zero-order valence-corrected chi connectivity index (χ0v) is 39.1. The van der Waals surface area contributed by atoms with Crippen LogP contribution in [-0.4, -0.2) is 4.57 Å². The third-order valence-corrected chi connectivity index (χ3v) is 12.3. The largest absolute Gasteiger partial charge is 0.456 e. The molecular formula is C57H59ClN2O2. The molecule has 0 radical (unpaired) electrons. The molecule has 8 aromatic rings. The van der Waals surface area contributed by atoms with Gasteiger partial charge in [0.1, 0.15) is 16.5 Å². The Balaban J connectivity index is 1.32. The predicted molar refractivity (Wildman–Crippen MR) is 264 cm³/mol. The molecule has 0 fully saturated rings. The van der Waals surface area contributed by atoms with Gasteiger partial charge < -0.3 is 18.9 Å². The summed E-state index contributed by atoms with van der Waals surface area (Å²) in [5, 5.41) is 2.61. The van der Waals surface area contributed by atoms with Gasteiger partial charge in [0.25, 0.3) is 0 Å². The average molecular weight is 840 g/mol. The number of aryl methyl sites for hydroxylation is 3. The molecule has 0 unspecified atom stereocenters. The SMILES string of the molecule is Cc1cc(C)cc(-c2cc(Oc3ccc(C(C)(C)C)cc3)c(Cl)c(Oc3ccc(N(c4ccc(C(C)(C)C)cc4)c4ccc(C(C)(C)C)cc4)c4c5ccccc5n(C)c34)c2)c1. The first kappa shape index (κ1) is 42.7. The highest BCUT2D eigenvalue weighted by atomic mass is 35.5. The highest BCUT2D eigenvalue weighted by Gasteiger charge is 2.25. The Hall–Kier alpha value is -5.97. The van der Waals surface area contributed by atoms with Crippen molar-refractivity contribution >= 4 is 50.5 Å². The lowest BCUT2D eigenvalue weighted by atomic mass is 9.86. The van der Waals surface area contributed by atoms with Gasteiger partial charge in [0, 0.05) is 34.7 Å². The van der Waals surface area contributed by atoms with Crippen molar-refractivity contribution in [1.82, 2.24) is 4.57 Å². The fraction of sp³-hybridized carbons (Fsp3) is 0.263. The maximum absolute atomic E-state index is 7.37. The van der Waals surface area contributed by atoms with E-state index in [1.807, 2.05) is 24.3 Å². The number of hydrogen-bond acceptors (Lipinski definition) is 3. The Morgan fingerprint density at radius 2 is 0.968 bits per heavy atom. The quantitative estimate of drug-likeness (QED) is 0.152. The van der Waals surface area contributed by atoms with Gasteiger partial charge in [-0.2, -0.15) is 0 Å². The molecule has 0 spiro atoms. The molecule has 7 aromatic carbocycles. The Labute approximate surface area is 373 Å². The monoisotopic (exact) mass is 838 g/mol. The van der Waals surface area contributed by atoms with Crippen LogP contribution in [0.5, 0.6) is 23.0 Å². The van der Waals surface area contributed by atoms with Crippen molar-refractivity contribution in [2.45, 2.75) is 92.4 Å². The van der Waals surface area contributed by atoms with E-state index in [1.165, 1.54) is 27.8 Å². The van der Waals surface area contributed by atoms with Gasteiger partial charge in [0.05, 0.1) is 11.2 Å². The summed E-state index contributed by atoms with van der Waals surface area (Å²) in [6, 6.07) is 49.8. The number of halogens is 1. The van der Waals surface area contributed by atoms with E-state index >= 15 is 0 Å². The molecule has 0 bridgehead atoms. The van der Waals surface area contributed by atoms with Gasteiger partial charge in [-0.15, -0.1) is 0 Å². The maximum atomic E-state index is 7.37. The summed E-state index contributed by atoms with van der Waals surface area (Å²) in [4.78, 5) is 2.38. The first-order chi connectivity index (χ1) is 29.3. The van der Waals surface area contributed by atoms with Crippen molar-refractivity contribution in [3.63, 3.8) is 0 Å². The van der Waals surface area contributed by atoms with Crippen molar-refractivity contribution in [3.05, 3.63) is 172 Å². The number of benzene rings is 7. The normalized spacial score (nSPS) is 12.3. The summed E-state index contributed by atoms with van der Waals surface area (Å²) in [7, 11) is 2.12. The van der Waals surface area contributed by atoms with Gasteiger partial charge in [0.15, 0.2) is 11.5 Å². The van der Waals surface area contributed by atoms with E-state index in [1.54, 1.807) is 0 Å². The summed E-state index contributed by atoms with van der Waals surface area (Å²) in [5.74, 6) is 2.43. The van der Waals surface area contributed by atoms with E-state index in [2.05, 4.69) is 208 Å². The molecule has 0 aliphatic carbocycles. The molecule has 0 N–H and O–H groups in total. The van der Waals surface area contributed by atoms with Gasteiger partial charge in [-0.1, -0.05) is 158 Å². The Bertz CT molecular complexity index is 2840. The Morgan fingerprint density at radius 3 is 1.48 bits per heavy atom. The summed E-state index contributed by atoms with van der Waals surface area (Å²) >= 11 is 7.37. The van der Waals surface area contributed by atoms with Crippen LogP contribution in [0.15, 0.2) is 140 Å². The van der Waals surface area contributed by atoms with E-state index in [0.29, 0.717) is 28.0 Å². The topological polar surface area (TPSA) is 26.6 Å². The lowest BCUT2D eigenvalue weighted by Crippen LogP contribution is -2.14. The molecule has 1 aromatic heterocycles. The number of anilines is 3. The molecule has 0 amide bonds. The summed E-state index contributed by atoms with van der Waals surface area (Å²) < 4.78 is 16.0. The summed E-state index contributed by atoms with van der Waals surface area (Å²) in [6.45, 7) is 24.4. The van der Waals surface area contributed by atoms with Crippen LogP contribution in [0.4, 0.5) is 17.1 Å². The van der Waals surface area contributed by atoms with Gasteiger partial charge in [-0.3, -0.25) is 0 Å². The molecular weight excluding hydrogens is 780 g/mol. The molecule has 0 aliphatic heterocycles. The van der Waals surface area contributed by atoms with E-state index in [9.17, 15) is 0 Å². The molecule has 62 heavy (non-hydrogen) atoms. The summed E-state index contributed by atoms with van der Waals surface area (Å²) in [6.07, 6.45) is 0. The highest BCUT2D eigenvalue weighted by Crippen LogP contribution is 2.49. The summed E-state index contributed by atoms with van der Waals surface area (Å²) in [5.41, 5.74) is 13.5. The minimum atomic E-state index is 0.0214. The third-order valence-electron chi connectivity index (χ3n) is 11.9. The maximum Gasteiger partial charge on any atom is 0.151 e. The lowest BCUT2D eigenvalue weighted by molar-refractivity contribution is 0.462. The Morgan fingerprint density at radius 1 is 0.500 bits per heavy atom. The minimum Gasteiger partial charge on any atom is -0.456 e. The molecule has 316 valence electrons. The number of rotatable bonds is 8. The van der Waals surface area contributed by atoms with Crippen molar-refractivity contribution in [2.24, 2.45) is 7.05 Å². The van der Waals surface area contributed by atoms with E-state index in [4.69, 9.17) is 21.1 Å². The standard InChI is InChI=1S/C57H59ClN2O2/c1-36-31-37(2)33-38(32-36)39-34-50(61-45-27-21-42(22-28-45)57(9,10)11)53(58)51(35-39)62-49-30-29-48(52-46-15-13-14-16-47(46)59(12)54(49)52)60(43-23-17-40(18-24-43)55(3,4)5)44-25-19-41(20-26-44)56(6,7)8/h13-35H,1-12H3. The van der Waals surface area contributed by atoms with Crippen LogP contribution in [0.1, 0.15) is 90.1 Å². The molecule has 0 saturated heterocycles. The lowest BCUT2D eigenvalue weighted by Gasteiger charge is -2.29. The minimum absolute atomic E-state index is 0.0214. The fourth-order valence-electron chi connectivity index (χ4n) is 8.47. The van der Waals surface area contributed by atoms with Crippen molar-refractivity contribution in [1.29, 1.82) is 0 Å². The van der Waals surface area contributed by atoms with E-state index < -0.39 is 0 Å². The van der Waals surface area contributed by atoms with Gasteiger partial charge in [0.2, 0.25) is 0 Å². The van der Waals surface area contributed by atoms with E-state index in [0.717, 1.165) is 50.0 Å². The van der Waals surface area contributed by atoms with Crippen LogP contribution in [0.2, 0.25) is 5.02 Å². The number of ether oxygens (including phenoxy) is 2. The number of para-hydroxylation sites is 1. The van der Waals surface area contributed by atoms with Gasteiger partial charge in [-0.25, -0.2) is 0 Å². The van der Waals surface area contributed by atoms with Gasteiger partial charge >= 0.3 is 0 Å². The predicted octanol–water partition coefficient (Wildman–Crippen LogP) is 17.2. The van der Waals surface area contributed by atoms with Crippen molar-refractivity contribution < 1.29 is 9.47 Å². The molecule has 0 saturated carbocycles. The highest BCUT2D eigenvalue weighted by molar-refractivity contribution is 6.33. The van der Waals surface area contributed by atoms with Gasteiger partial charge in [-0.05, 0) is 125 Å². The van der Waals surface area contributed by atoms with E-state index in [-0.39, 0.29) is 16.2 Å². The second-order valence-corrected chi connectivity index (χ2v) is 20.3. The second-order valence-electron chi connectivity index (χ2n) is 20.0.